The van der Waals surface area contributed by atoms with Crippen LogP contribution in [0.3, 0.4) is 0 Å². The highest BCUT2D eigenvalue weighted by atomic mass is 32.2. The van der Waals surface area contributed by atoms with Gasteiger partial charge in [-0.25, -0.2) is 31.4 Å². The minimum atomic E-state index is -4.44. The van der Waals surface area contributed by atoms with Gasteiger partial charge in [0, 0.05) is 43.1 Å². The lowest BCUT2D eigenvalue weighted by Gasteiger charge is -2.35. The molecule has 2 saturated carbocycles. The molecule has 1 aromatic carbocycles. The molecule has 3 aliphatic heterocycles. The van der Waals surface area contributed by atoms with Crippen LogP contribution in [0.5, 0.6) is 5.88 Å². The topological polar surface area (TPSA) is 186 Å². The maximum absolute atomic E-state index is 14.9. The first-order valence-corrected chi connectivity index (χ1v) is 22.9. The Morgan fingerprint density at radius 2 is 1.76 bits per heavy atom. The predicted octanol–water partition coefficient (Wildman–Crippen LogP) is 4.78. The van der Waals surface area contributed by atoms with Gasteiger partial charge in [0.2, 0.25) is 27.7 Å². The number of hydrogen-bond acceptors (Lipinski definition) is 11. The maximum Gasteiger partial charge on any atom is 0.408 e. The highest BCUT2D eigenvalue weighted by Gasteiger charge is 2.64. The van der Waals surface area contributed by atoms with E-state index >= 15 is 0 Å². The molecule has 19 heteroatoms. The highest BCUT2D eigenvalue weighted by Crippen LogP contribution is 2.48. The van der Waals surface area contributed by atoms with Crippen molar-refractivity contribution in [2.24, 2.45) is 17.8 Å². The second kappa shape index (κ2) is 17.1. The molecule has 0 spiro atoms. The molecule has 5 aliphatic rings. The Bertz CT molecular complexity index is 2200. The average molecular weight is 891 g/mol. The number of halogens is 3. The SMILES string of the molecule is C[C@@H]1CC/C=C\[C@@H]2C[C@@]2(C(=O)NS(=O)(=O)C2(CF)CC2)NC(=O)[C@@H]2C[C@@H](Oc3ncc(N4CCOCC4)c4ccccc34)CN2C(=O)[C@@H](NC(=O)OC(C)(C)C(C)(F)F)[C@H](C)C1. The van der Waals surface area contributed by atoms with Crippen molar-refractivity contribution in [3.63, 3.8) is 0 Å². The van der Waals surface area contributed by atoms with Crippen LogP contribution in [-0.2, 0) is 33.9 Å². The number of allylic oxidation sites excluding steroid dienone is 1. The third-order valence-electron chi connectivity index (χ3n) is 13.3. The number of hydrogen-bond donors (Lipinski definition) is 3. The second-order valence-corrected chi connectivity index (χ2v) is 20.4. The van der Waals surface area contributed by atoms with Crippen LogP contribution in [0.2, 0.25) is 0 Å². The summed E-state index contributed by atoms with van der Waals surface area (Å²) in [5.41, 5.74) is -3.08. The van der Waals surface area contributed by atoms with Crippen molar-refractivity contribution in [1.82, 2.24) is 25.2 Å². The molecule has 0 radical (unpaired) electrons. The molecule has 0 unspecified atom stereocenters. The Kier molecular flexibility index (Phi) is 12.5. The number of nitrogens with one attached hydrogen (secondary N) is 3. The number of carbonyl (C=O) groups is 4. The fourth-order valence-corrected chi connectivity index (χ4v) is 10.1. The van der Waals surface area contributed by atoms with Crippen molar-refractivity contribution in [3.05, 3.63) is 42.6 Å². The van der Waals surface area contributed by atoms with Crippen LogP contribution in [0.15, 0.2) is 42.6 Å². The van der Waals surface area contributed by atoms with Gasteiger partial charge in [-0.1, -0.05) is 44.2 Å². The van der Waals surface area contributed by atoms with Crippen LogP contribution in [0.1, 0.15) is 79.6 Å². The summed E-state index contributed by atoms with van der Waals surface area (Å²) in [6.07, 6.45) is 4.84. The first-order valence-electron chi connectivity index (χ1n) is 21.4. The van der Waals surface area contributed by atoms with Gasteiger partial charge in [0.1, 0.15) is 35.1 Å². The number of amides is 4. The zero-order valence-corrected chi connectivity index (χ0v) is 36.6. The number of ether oxygens (including phenoxy) is 3. The van der Waals surface area contributed by atoms with Crippen molar-refractivity contribution in [3.8, 4) is 5.88 Å². The van der Waals surface area contributed by atoms with E-state index in [9.17, 15) is 40.8 Å². The number of morpholine rings is 1. The minimum absolute atomic E-state index is 0.0119. The highest BCUT2D eigenvalue weighted by molar-refractivity contribution is 7.91. The van der Waals surface area contributed by atoms with Gasteiger partial charge in [0.25, 0.3) is 11.8 Å². The zero-order valence-electron chi connectivity index (χ0n) is 35.8. The van der Waals surface area contributed by atoms with E-state index in [4.69, 9.17) is 14.2 Å². The number of rotatable bonds is 10. The summed E-state index contributed by atoms with van der Waals surface area (Å²) in [5, 5.41) is 6.88. The lowest BCUT2D eigenvalue weighted by Crippen LogP contribution is -2.60. The maximum atomic E-state index is 14.9. The number of carbonyl (C=O) groups excluding carboxylic acids is 4. The number of aromatic nitrogens is 1. The van der Waals surface area contributed by atoms with Crippen LogP contribution >= 0.6 is 0 Å². The number of pyridine rings is 1. The molecule has 62 heavy (non-hydrogen) atoms. The Hall–Kier alpha value is -4.65. The molecule has 340 valence electrons. The molecule has 2 aliphatic carbocycles. The van der Waals surface area contributed by atoms with Gasteiger partial charge in [-0.15, -0.1) is 0 Å². The third kappa shape index (κ3) is 9.06. The van der Waals surface area contributed by atoms with E-state index in [0.717, 1.165) is 24.9 Å². The normalized spacial score (nSPS) is 29.9. The van der Waals surface area contributed by atoms with Crippen LogP contribution in [0.4, 0.5) is 23.7 Å². The number of anilines is 1. The molecule has 7 rings (SSSR count). The Morgan fingerprint density at radius 1 is 1.06 bits per heavy atom. The summed E-state index contributed by atoms with van der Waals surface area (Å²) in [6, 6.07) is 4.88. The second-order valence-electron chi connectivity index (χ2n) is 18.3. The Morgan fingerprint density at radius 3 is 2.42 bits per heavy atom. The lowest BCUT2D eigenvalue weighted by molar-refractivity contribution is -0.152. The van der Waals surface area contributed by atoms with Crippen molar-refractivity contribution in [1.29, 1.82) is 0 Å². The van der Waals surface area contributed by atoms with Crippen molar-refractivity contribution in [2.45, 2.75) is 120 Å². The molecule has 0 bridgehead atoms. The molecule has 15 nitrogen and oxygen atoms in total. The number of fused-ring (bicyclic) bond motifs is 3. The van der Waals surface area contributed by atoms with Crippen LogP contribution in [0.25, 0.3) is 10.8 Å². The Labute approximate surface area is 359 Å². The first kappa shape index (κ1) is 45.4. The summed E-state index contributed by atoms with van der Waals surface area (Å²) in [4.78, 5) is 65.0. The smallest absolute Gasteiger partial charge is 0.408 e. The molecule has 2 saturated heterocycles. The third-order valence-corrected chi connectivity index (χ3v) is 15.4. The van der Waals surface area contributed by atoms with Gasteiger partial charge < -0.3 is 34.6 Å². The van der Waals surface area contributed by atoms with Gasteiger partial charge in [-0.2, -0.15) is 0 Å². The molecule has 3 N–H and O–H groups in total. The lowest BCUT2D eigenvalue weighted by atomic mass is 9.88. The van der Waals surface area contributed by atoms with Crippen molar-refractivity contribution < 1.29 is 55.0 Å². The van der Waals surface area contributed by atoms with Gasteiger partial charge in [0.15, 0.2) is 5.60 Å². The molecular formula is C43H57F3N6O9S. The van der Waals surface area contributed by atoms with Crippen molar-refractivity contribution >= 4 is 50.3 Å². The fraction of sp³-hybridized carbons (Fsp3) is 0.651. The van der Waals surface area contributed by atoms with E-state index in [1.807, 2.05) is 37.3 Å². The van der Waals surface area contributed by atoms with E-state index in [-0.39, 0.29) is 44.0 Å². The fourth-order valence-electron chi connectivity index (χ4n) is 8.69. The number of benzene rings is 1. The predicted molar refractivity (Wildman–Crippen MR) is 223 cm³/mol. The standard InChI is InChI=1S/C43H57F3N6O9S/c1-26-10-6-7-11-28-22-43(28,38(55)50-62(57,58)42(25-44)14-15-42)49-35(53)32-21-29(60-36-31-13-9-8-12-30(31)33(23-47-36)51-16-18-59-19-17-51)24-52(32)37(54)34(27(2)20-26)48-39(56)61-40(3,4)41(5,45)46/h7-9,11-13,23,26-29,32,34H,6,10,14-22,24-25H2,1-5H3,(H,48,56)(H,49,53)(H,50,55)/b11-7-/t26-,27-,28-,29-,32+,34+,43-/m1/s1. The molecule has 4 amide bonds. The van der Waals surface area contributed by atoms with E-state index in [1.165, 1.54) is 4.90 Å². The molecular weight excluding hydrogens is 834 g/mol. The molecule has 7 atom stereocenters. The molecule has 4 heterocycles. The van der Waals surface area contributed by atoms with Gasteiger partial charge in [-0.3, -0.25) is 19.1 Å². The minimum Gasteiger partial charge on any atom is -0.472 e. The molecule has 2 aromatic rings. The number of sulfonamides is 1. The zero-order chi connectivity index (χ0) is 44.8. The average Bonchev–Trinajstić information content (AvgIpc) is 4.12. The number of nitrogens with zero attached hydrogens (tertiary/aromatic N) is 3. The van der Waals surface area contributed by atoms with Crippen LogP contribution < -0.4 is 25.0 Å². The molecule has 1 aromatic heterocycles. The summed E-state index contributed by atoms with van der Waals surface area (Å²) in [7, 11) is -4.44. The van der Waals surface area contributed by atoms with Crippen LogP contribution in [0, 0.1) is 17.8 Å². The summed E-state index contributed by atoms with van der Waals surface area (Å²) in [5.74, 6) is -6.89. The number of alkyl carbamates (subject to hydrolysis) is 1. The Balaban J connectivity index is 1.23. The quantitative estimate of drug-likeness (QED) is 0.279. The van der Waals surface area contributed by atoms with Crippen molar-refractivity contribution in [2.75, 3.05) is 44.4 Å². The van der Waals surface area contributed by atoms with Gasteiger partial charge in [-0.05, 0) is 70.3 Å². The number of alkyl halides is 3. The van der Waals surface area contributed by atoms with E-state index in [0.29, 0.717) is 57.9 Å². The van der Waals surface area contributed by atoms with Crippen LogP contribution in [-0.4, -0.2) is 122 Å². The van der Waals surface area contributed by atoms with E-state index in [1.54, 1.807) is 19.2 Å². The summed E-state index contributed by atoms with van der Waals surface area (Å²) >= 11 is 0. The molecule has 4 fully saturated rings. The van der Waals surface area contributed by atoms with E-state index in [2.05, 4.69) is 25.2 Å². The largest absolute Gasteiger partial charge is 0.472 e. The van der Waals surface area contributed by atoms with Gasteiger partial charge in [0.05, 0.1) is 31.6 Å². The summed E-state index contributed by atoms with van der Waals surface area (Å²) in [6.45, 7) is 7.55. The monoisotopic (exact) mass is 890 g/mol. The van der Waals surface area contributed by atoms with Gasteiger partial charge >= 0.3 is 6.09 Å². The first-order chi connectivity index (χ1) is 29.2. The van der Waals surface area contributed by atoms with E-state index < -0.39 is 92.3 Å². The summed E-state index contributed by atoms with van der Waals surface area (Å²) < 4.78 is 87.0.